The number of nitrogens with zero attached hydrogens (tertiary/aromatic N) is 7. The quantitative estimate of drug-likeness (QED) is 0.399. The van der Waals surface area contributed by atoms with Crippen LogP contribution in [0.25, 0.3) is 11.0 Å². The van der Waals surface area contributed by atoms with Crippen LogP contribution in [0.15, 0.2) is 6.20 Å². The lowest BCUT2D eigenvalue weighted by molar-refractivity contribution is -0.118. The highest BCUT2D eigenvalue weighted by Crippen LogP contribution is 2.39. The van der Waals surface area contributed by atoms with E-state index >= 15 is 8.78 Å². The number of likely N-dealkylation sites (tertiary alicyclic amines) is 1. The van der Waals surface area contributed by atoms with Crippen molar-refractivity contribution in [1.82, 2.24) is 35.2 Å². The minimum Gasteiger partial charge on any atom is -0.465 e. The summed E-state index contributed by atoms with van der Waals surface area (Å²) in [5.74, 6) is -0.459. The summed E-state index contributed by atoms with van der Waals surface area (Å²) in [7, 11) is 0. The van der Waals surface area contributed by atoms with Crippen molar-refractivity contribution in [2.45, 2.75) is 56.7 Å². The summed E-state index contributed by atoms with van der Waals surface area (Å²) in [6.07, 6.45) is 5.38. The summed E-state index contributed by atoms with van der Waals surface area (Å²) in [5, 5.41) is 14.0. The van der Waals surface area contributed by atoms with Crippen molar-refractivity contribution in [2.75, 3.05) is 49.5 Å². The molecule has 3 aliphatic heterocycles. The summed E-state index contributed by atoms with van der Waals surface area (Å²) in [4.78, 5) is 36.8. The van der Waals surface area contributed by atoms with Crippen molar-refractivity contribution in [3.63, 3.8) is 0 Å². The number of nitrogens with one attached hydrogen (secondary N) is 2. The third-order valence-corrected chi connectivity index (χ3v) is 9.22. The molecule has 13 nitrogen and oxygen atoms in total. The number of benzene rings is 1. The van der Waals surface area contributed by atoms with E-state index in [1.54, 1.807) is 0 Å². The number of anilines is 2. The van der Waals surface area contributed by atoms with Gasteiger partial charge >= 0.3 is 6.09 Å². The van der Waals surface area contributed by atoms with E-state index in [-0.39, 0.29) is 59.4 Å². The summed E-state index contributed by atoms with van der Waals surface area (Å²) in [6, 6.07) is 0.523. The van der Waals surface area contributed by atoms with Crippen LogP contribution in [0.2, 0.25) is 0 Å². The van der Waals surface area contributed by atoms with Gasteiger partial charge in [-0.05, 0) is 42.7 Å². The van der Waals surface area contributed by atoms with Crippen LogP contribution in [0.4, 0.5) is 25.2 Å². The topological polar surface area (TPSA) is 140 Å². The molecule has 16 heteroatoms. The van der Waals surface area contributed by atoms with E-state index in [9.17, 15) is 9.59 Å². The molecular formula is C28H32ClF2N9O4. The molecule has 2 amide bonds. The number of piperidine rings is 1. The highest BCUT2D eigenvalue weighted by molar-refractivity contribution is 5.95. The van der Waals surface area contributed by atoms with Crippen LogP contribution in [-0.4, -0.2) is 92.8 Å². The van der Waals surface area contributed by atoms with Crippen molar-refractivity contribution in [3.05, 3.63) is 29.0 Å². The van der Waals surface area contributed by atoms with Crippen molar-refractivity contribution in [2.24, 2.45) is 5.92 Å². The molecule has 5 heterocycles. The minimum absolute atomic E-state index is 0. The van der Waals surface area contributed by atoms with Gasteiger partial charge in [0.25, 0.3) is 11.8 Å². The lowest BCUT2D eigenvalue weighted by atomic mass is 9.90. The number of hydrogen-bond acceptors (Lipinski definition) is 10. The lowest BCUT2D eigenvalue weighted by Gasteiger charge is -2.38. The van der Waals surface area contributed by atoms with Crippen molar-refractivity contribution in [1.29, 1.82) is 0 Å². The largest absolute Gasteiger partial charge is 0.465 e. The normalized spacial score (nSPS) is 22.4. The molecule has 2 N–H and O–H groups in total. The number of aromatic nitrogens is 5. The number of rotatable bonds is 7. The molecule has 2 aromatic heterocycles. The number of amides is 2. The maximum Gasteiger partial charge on any atom is 0.416 e. The van der Waals surface area contributed by atoms with Gasteiger partial charge in [0.2, 0.25) is 0 Å². The monoisotopic (exact) mass is 631 g/mol. The van der Waals surface area contributed by atoms with Crippen molar-refractivity contribution < 1.29 is 27.8 Å². The van der Waals surface area contributed by atoms with Crippen LogP contribution >= 0.6 is 12.4 Å². The van der Waals surface area contributed by atoms with Crippen LogP contribution in [0.3, 0.4) is 0 Å². The molecule has 0 bridgehead atoms. The predicted octanol–water partition coefficient (Wildman–Crippen LogP) is 2.21. The Bertz CT molecular complexity index is 1640. The Balaban J connectivity index is 0.00000312. The third-order valence-electron chi connectivity index (χ3n) is 9.22. The Morgan fingerprint density at radius 3 is 2.66 bits per heavy atom. The van der Waals surface area contributed by atoms with Crippen LogP contribution in [0, 0.1) is 17.6 Å². The maximum atomic E-state index is 15.7. The fraction of sp³-hybridized carbons (Fsp3) is 0.571. The van der Waals surface area contributed by atoms with E-state index < -0.39 is 23.3 Å². The fourth-order valence-electron chi connectivity index (χ4n) is 6.81. The molecule has 2 saturated heterocycles. The van der Waals surface area contributed by atoms with Gasteiger partial charge in [-0.2, -0.15) is 0 Å². The number of halogens is 3. The first-order chi connectivity index (χ1) is 20.9. The molecule has 3 aromatic rings. The van der Waals surface area contributed by atoms with Crippen LogP contribution in [-0.2, 0) is 28.9 Å². The van der Waals surface area contributed by atoms with Crippen LogP contribution < -0.4 is 20.3 Å². The zero-order chi connectivity index (χ0) is 29.3. The summed E-state index contributed by atoms with van der Waals surface area (Å²) >= 11 is 0. The zero-order valence-corrected chi connectivity index (χ0v) is 24.7. The Morgan fingerprint density at radius 1 is 1.11 bits per heavy atom. The molecule has 44 heavy (non-hydrogen) atoms. The molecule has 1 saturated carbocycles. The Kier molecular flexibility index (Phi) is 7.28. The molecule has 1 aromatic carbocycles. The van der Waals surface area contributed by atoms with Gasteiger partial charge in [0.15, 0.2) is 35.4 Å². The predicted molar refractivity (Wildman–Crippen MR) is 155 cm³/mol. The second kappa shape index (κ2) is 11.0. The van der Waals surface area contributed by atoms with E-state index in [4.69, 9.17) is 9.47 Å². The highest BCUT2D eigenvalue weighted by Gasteiger charge is 2.48. The molecule has 1 atom stereocenters. The second-order valence-corrected chi connectivity index (χ2v) is 12.3. The van der Waals surface area contributed by atoms with Gasteiger partial charge in [-0.15, -0.1) is 17.5 Å². The zero-order valence-electron chi connectivity index (χ0n) is 23.9. The number of carbonyl (C=O) groups is 2. The van der Waals surface area contributed by atoms with Crippen molar-refractivity contribution in [3.8, 4) is 5.88 Å². The maximum absolute atomic E-state index is 15.7. The fourth-order valence-corrected chi connectivity index (χ4v) is 6.81. The minimum atomic E-state index is -0.661. The number of fused-ring (bicyclic) bond motifs is 3. The van der Waals surface area contributed by atoms with Gasteiger partial charge in [0, 0.05) is 45.1 Å². The Hall–Kier alpha value is -3.69. The molecule has 1 unspecified atom stereocenters. The summed E-state index contributed by atoms with van der Waals surface area (Å²) < 4.78 is 43.8. The van der Waals surface area contributed by atoms with E-state index in [0.717, 1.165) is 12.8 Å². The SMILES string of the molecule is Cl.O=C1COc2ncc(N3CC4(CCN(CC5Cc6c(c(F)c7c(nnn7CCNC7CC7)c6F)C5)CC4)OC3=O)nc2N1. The molecule has 5 aliphatic rings. The van der Waals surface area contributed by atoms with Gasteiger partial charge in [-0.3, -0.25) is 9.69 Å². The van der Waals surface area contributed by atoms with Gasteiger partial charge < -0.3 is 25.0 Å². The molecule has 8 rings (SSSR count). The van der Waals surface area contributed by atoms with E-state index in [2.05, 4.69) is 35.8 Å². The summed E-state index contributed by atoms with van der Waals surface area (Å²) in [5.41, 5.74) is 0.357. The highest BCUT2D eigenvalue weighted by atomic mass is 35.5. The Morgan fingerprint density at radius 2 is 1.89 bits per heavy atom. The van der Waals surface area contributed by atoms with Gasteiger partial charge in [0.05, 0.1) is 19.3 Å². The van der Waals surface area contributed by atoms with E-state index in [0.29, 0.717) is 82.1 Å². The number of carbonyl (C=O) groups excluding carboxylic acids is 2. The third kappa shape index (κ3) is 5.09. The van der Waals surface area contributed by atoms with Crippen molar-refractivity contribution >= 4 is 47.1 Å². The average molecular weight is 632 g/mol. The smallest absolute Gasteiger partial charge is 0.416 e. The molecule has 3 fully saturated rings. The van der Waals surface area contributed by atoms with E-state index in [1.807, 2.05) is 0 Å². The van der Waals surface area contributed by atoms with Gasteiger partial charge in [-0.25, -0.2) is 28.2 Å². The molecule has 234 valence electrons. The molecule has 0 radical (unpaired) electrons. The van der Waals surface area contributed by atoms with Gasteiger partial charge in [-0.1, -0.05) is 5.21 Å². The van der Waals surface area contributed by atoms with Crippen LogP contribution in [0.1, 0.15) is 36.8 Å². The number of ether oxygens (including phenoxy) is 2. The number of hydrogen-bond donors (Lipinski definition) is 2. The van der Waals surface area contributed by atoms with E-state index in [1.165, 1.54) is 15.8 Å². The van der Waals surface area contributed by atoms with Crippen LogP contribution in [0.5, 0.6) is 5.88 Å². The first kappa shape index (κ1) is 29.0. The molecule has 1 spiro atoms. The lowest BCUT2D eigenvalue weighted by Crippen LogP contribution is -2.48. The second-order valence-electron chi connectivity index (χ2n) is 12.3. The molecular weight excluding hydrogens is 600 g/mol. The Labute approximate surface area is 257 Å². The van der Waals surface area contributed by atoms with Gasteiger partial charge in [0.1, 0.15) is 11.1 Å². The molecule has 2 aliphatic carbocycles. The average Bonchev–Trinajstić information content (AvgIpc) is 3.41. The first-order valence-corrected chi connectivity index (χ1v) is 14.8. The standard InChI is InChI=1S/C28H31F2N9O4.ClH/c29-21-17-9-15(10-18(17)22(30)24-23(21)35-36-39(24)8-5-31-16-1-2-16)12-37-6-3-28(4-7-37)14-38(27(41)43-28)19-11-32-26-25(33-19)34-20(40)13-42-26;/h11,15-16,31H,1-10,12-14H2,(H,33,34,40);1H. The first-order valence-electron chi connectivity index (χ1n) is 14.8. The summed E-state index contributed by atoms with van der Waals surface area (Å²) in [6.45, 7) is 3.33.